The number of hydrazine groups is 1. The summed E-state index contributed by atoms with van der Waals surface area (Å²) in [7, 11) is 0. The summed E-state index contributed by atoms with van der Waals surface area (Å²) < 4.78 is 6.19. The molecule has 0 bridgehead atoms. The summed E-state index contributed by atoms with van der Waals surface area (Å²) in [5.74, 6) is 8.09. The smallest absolute Gasteiger partial charge is 0.126 e. The fraction of sp³-hybridized carbons (Fsp3) is 0.455. The number of hydrogen-bond donors (Lipinski definition) is 1. The van der Waals surface area contributed by atoms with Gasteiger partial charge in [-0.05, 0) is 67.2 Å². The molecule has 1 saturated heterocycles. The van der Waals surface area contributed by atoms with Crippen LogP contribution >= 0.6 is 24.2 Å². The van der Waals surface area contributed by atoms with Gasteiger partial charge in [0.1, 0.15) is 11.9 Å². The van der Waals surface area contributed by atoms with Gasteiger partial charge >= 0.3 is 0 Å². The molecule has 2 aliphatic heterocycles. The molecule has 4 rings (SSSR count). The van der Waals surface area contributed by atoms with Crippen LogP contribution in [0.1, 0.15) is 42.5 Å². The third-order valence-electron chi connectivity index (χ3n) is 5.70. The molecule has 2 N–H and O–H groups in total. The van der Waals surface area contributed by atoms with E-state index in [0.717, 1.165) is 31.6 Å². The Hall–Kier alpha value is -1.20. The van der Waals surface area contributed by atoms with E-state index in [1.54, 1.807) is 0 Å². The summed E-state index contributed by atoms with van der Waals surface area (Å²) in [5.41, 5.74) is 4.06. The van der Waals surface area contributed by atoms with Gasteiger partial charge in [0, 0.05) is 17.9 Å². The van der Waals surface area contributed by atoms with E-state index in [0.29, 0.717) is 5.92 Å². The SMILES string of the molecule is CSc1cc(C[C@@H]2CCCN(N)C2c2ccccc2)c2c(c1)C[C@H](C)O2.Cl. The normalized spacial score (nSPS) is 24.8. The maximum atomic E-state index is 6.44. The first-order chi connectivity index (χ1) is 12.7. The highest BCUT2D eigenvalue weighted by atomic mass is 35.5. The van der Waals surface area contributed by atoms with E-state index >= 15 is 0 Å². The van der Waals surface area contributed by atoms with Gasteiger partial charge in [0.15, 0.2) is 0 Å². The summed E-state index contributed by atoms with van der Waals surface area (Å²) in [4.78, 5) is 1.34. The molecular weight excluding hydrogens is 376 g/mol. The number of hydrogen-bond acceptors (Lipinski definition) is 4. The second kappa shape index (κ2) is 8.87. The number of ether oxygens (including phenoxy) is 1. The highest BCUT2D eigenvalue weighted by Gasteiger charge is 2.33. The van der Waals surface area contributed by atoms with Crippen LogP contribution in [0.3, 0.4) is 0 Å². The van der Waals surface area contributed by atoms with Gasteiger partial charge in [0.05, 0.1) is 6.04 Å². The lowest BCUT2D eigenvalue weighted by Gasteiger charge is -2.39. The average Bonchev–Trinajstić information content (AvgIpc) is 3.03. The van der Waals surface area contributed by atoms with E-state index in [-0.39, 0.29) is 24.6 Å². The minimum Gasteiger partial charge on any atom is -0.490 e. The second-order valence-electron chi connectivity index (χ2n) is 7.61. The molecule has 0 amide bonds. The molecule has 146 valence electrons. The number of halogens is 1. The number of benzene rings is 2. The van der Waals surface area contributed by atoms with Crippen LogP contribution in [0.5, 0.6) is 5.75 Å². The molecule has 0 radical (unpaired) electrons. The maximum Gasteiger partial charge on any atom is 0.126 e. The van der Waals surface area contributed by atoms with Crippen molar-refractivity contribution in [2.24, 2.45) is 11.8 Å². The van der Waals surface area contributed by atoms with E-state index in [9.17, 15) is 0 Å². The highest BCUT2D eigenvalue weighted by molar-refractivity contribution is 7.98. The molecule has 27 heavy (non-hydrogen) atoms. The van der Waals surface area contributed by atoms with E-state index in [1.165, 1.54) is 28.0 Å². The fourth-order valence-electron chi connectivity index (χ4n) is 4.56. The van der Waals surface area contributed by atoms with Crippen LogP contribution in [-0.2, 0) is 12.8 Å². The van der Waals surface area contributed by atoms with E-state index in [4.69, 9.17) is 10.6 Å². The third-order valence-corrected chi connectivity index (χ3v) is 6.40. The number of piperidine rings is 1. The average molecular weight is 405 g/mol. The predicted octanol–water partition coefficient (Wildman–Crippen LogP) is 5.02. The molecule has 3 nitrogen and oxygen atoms in total. The van der Waals surface area contributed by atoms with Gasteiger partial charge in [-0.25, -0.2) is 5.01 Å². The van der Waals surface area contributed by atoms with Crippen molar-refractivity contribution < 1.29 is 4.74 Å². The first-order valence-electron chi connectivity index (χ1n) is 9.58. The van der Waals surface area contributed by atoms with Crippen molar-refractivity contribution in [3.63, 3.8) is 0 Å². The Morgan fingerprint density at radius 2 is 2.00 bits per heavy atom. The van der Waals surface area contributed by atoms with Crippen molar-refractivity contribution in [3.05, 3.63) is 59.2 Å². The molecule has 1 unspecified atom stereocenters. The monoisotopic (exact) mass is 404 g/mol. The van der Waals surface area contributed by atoms with Crippen LogP contribution in [0, 0.1) is 5.92 Å². The largest absolute Gasteiger partial charge is 0.490 e. The van der Waals surface area contributed by atoms with Gasteiger partial charge in [-0.1, -0.05) is 30.3 Å². The second-order valence-corrected chi connectivity index (χ2v) is 8.49. The third kappa shape index (κ3) is 4.29. The van der Waals surface area contributed by atoms with Crippen LogP contribution in [0.2, 0.25) is 0 Å². The van der Waals surface area contributed by atoms with Crippen molar-refractivity contribution in [1.29, 1.82) is 0 Å². The lowest BCUT2D eigenvalue weighted by atomic mass is 9.81. The van der Waals surface area contributed by atoms with Crippen LogP contribution in [0.4, 0.5) is 0 Å². The number of thioether (sulfide) groups is 1. The molecule has 2 aromatic rings. The lowest BCUT2D eigenvalue weighted by molar-refractivity contribution is 0.0920. The van der Waals surface area contributed by atoms with Gasteiger partial charge in [0.2, 0.25) is 0 Å². The van der Waals surface area contributed by atoms with Crippen LogP contribution in [-0.4, -0.2) is 23.9 Å². The van der Waals surface area contributed by atoms with Gasteiger partial charge in [0.25, 0.3) is 0 Å². The molecular formula is C22H29ClN2OS. The van der Waals surface area contributed by atoms with E-state index < -0.39 is 0 Å². The summed E-state index contributed by atoms with van der Waals surface area (Å²) >= 11 is 1.82. The number of nitrogens with zero attached hydrogens (tertiary/aromatic N) is 1. The minimum absolute atomic E-state index is 0. The number of rotatable bonds is 4. The van der Waals surface area contributed by atoms with E-state index in [1.807, 2.05) is 16.8 Å². The first-order valence-corrected chi connectivity index (χ1v) is 10.8. The molecule has 0 aromatic heterocycles. The summed E-state index contributed by atoms with van der Waals surface area (Å²) in [5, 5.41) is 2.05. The standard InChI is InChI=1S/C22H28N2OS.ClH/c1-15-11-18-13-20(26-2)14-19(22(18)25-15)12-17-9-6-10-24(23)21(17)16-7-4-3-5-8-16;/h3-5,7-8,13-15,17,21H,6,9-12,23H2,1-2H3;1H/t15-,17-,21?;/m0./s1. The van der Waals surface area contributed by atoms with Crippen molar-refractivity contribution in [3.8, 4) is 5.75 Å². The van der Waals surface area contributed by atoms with Gasteiger partial charge in [-0.15, -0.1) is 24.2 Å². The van der Waals surface area contributed by atoms with Crippen LogP contribution < -0.4 is 10.6 Å². The molecule has 3 atom stereocenters. The number of nitrogens with two attached hydrogens (primary N) is 1. The van der Waals surface area contributed by atoms with Crippen LogP contribution in [0.15, 0.2) is 47.4 Å². The van der Waals surface area contributed by atoms with Crippen molar-refractivity contribution in [2.45, 2.75) is 49.6 Å². The number of fused-ring (bicyclic) bond motifs is 1. The van der Waals surface area contributed by atoms with E-state index in [2.05, 4.69) is 55.6 Å². The molecule has 2 heterocycles. The summed E-state index contributed by atoms with van der Waals surface area (Å²) in [6.07, 6.45) is 6.85. The van der Waals surface area contributed by atoms with Gasteiger partial charge in [-0.2, -0.15) is 0 Å². The topological polar surface area (TPSA) is 38.5 Å². The van der Waals surface area contributed by atoms with Crippen molar-refractivity contribution >= 4 is 24.2 Å². The zero-order chi connectivity index (χ0) is 18.1. The Bertz CT molecular complexity index is 770. The molecule has 0 saturated carbocycles. The predicted molar refractivity (Wildman–Crippen MR) is 116 cm³/mol. The van der Waals surface area contributed by atoms with Gasteiger partial charge in [-0.3, -0.25) is 5.84 Å². The molecule has 2 aliphatic rings. The minimum atomic E-state index is 0. The van der Waals surface area contributed by atoms with Crippen molar-refractivity contribution in [1.82, 2.24) is 5.01 Å². The summed E-state index contributed by atoms with van der Waals surface area (Å²) in [6.45, 7) is 3.13. The Morgan fingerprint density at radius 3 is 2.74 bits per heavy atom. The maximum absolute atomic E-state index is 6.44. The molecule has 1 fully saturated rings. The lowest BCUT2D eigenvalue weighted by Crippen LogP contribution is -2.44. The summed E-state index contributed by atoms with van der Waals surface area (Å²) in [6, 6.07) is 15.6. The molecule has 5 heteroatoms. The Morgan fingerprint density at radius 1 is 1.22 bits per heavy atom. The highest BCUT2D eigenvalue weighted by Crippen LogP contribution is 2.41. The van der Waals surface area contributed by atoms with Gasteiger partial charge < -0.3 is 4.74 Å². The van der Waals surface area contributed by atoms with Crippen LogP contribution in [0.25, 0.3) is 0 Å². The Kier molecular flexibility index (Phi) is 6.74. The van der Waals surface area contributed by atoms with Crippen molar-refractivity contribution in [2.75, 3.05) is 12.8 Å². The Balaban J connectivity index is 0.00000210. The zero-order valence-electron chi connectivity index (χ0n) is 16.1. The fourth-order valence-corrected chi connectivity index (χ4v) is 5.08. The zero-order valence-corrected chi connectivity index (χ0v) is 17.7. The Labute approximate surface area is 173 Å². The molecule has 0 aliphatic carbocycles. The quantitative estimate of drug-likeness (QED) is 0.573. The molecule has 0 spiro atoms. The first kappa shape index (κ1) is 20.5. The molecule has 2 aromatic carbocycles.